The van der Waals surface area contributed by atoms with E-state index in [0.717, 1.165) is 25.2 Å². The third kappa shape index (κ3) is 4.37. The summed E-state index contributed by atoms with van der Waals surface area (Å²) in [5.41, 5.74) is 1.34. The minimum Gasteiger partial charge on any atom is -0.461 e. The van der Waals surface area contributed by atoms with Gasteiger partial charge in [0.15, 0.2) is 0 Å². The zero-order chi connectivity index (χ0) is 13.0. The minimum absolute atomic E-state index is 0. The van der Waals surface area contributed by atoms with E-state index in [1.807, 2.05) is 19.1 Å². The summed E-state index contributed by atoms with van der Waals surface area (Å²) < 4.78 is 5.29. The molecule has 1 aromatic rings. The molecule has 0 aliphatic carbocycles. The van der Waals surface area contributed by atoms with Crippen LogP contribution >= 0.6 is 24.0 Å². The number of likely N-dealkylation sites (tertiary alicyclic amines) is 1. The summed E-state index contributed by atoms with van der Waals surface area (Å²) in [5, 5.41) is 0.459. The van der Waals surface area contributed by atoms with Crippen molar-refractivity contribution in [3.8, 4) is 0 Å². The molecule has 2 rings (SSSR count). The van der Waals surface area contributed by atoms with Crippen LogP contribution in [0.5, 0.6) is 0 Å². The number of halogens is 2. The van der Waals surface area contributed by atoms with Crippen LogP contribution in [0.2, 0.25) is 5.02 Å². The van der Waals surface area contributed by atoms with Crippen molar-refractivity contribution in [2.45, 2.75) is 19.8 Å². The summed E-state index contributed by atoms with van der Waals surface area (Å²) in [6.45, 7) is 5.34. The van der Waals surface area contributed by atoms with Crippen LogP contribution in [0.25, 0.3) is 0 Å². The standard InChI is InChI=1S/C14H18ClNO2.ClH/c1-11-5-4-6-12(15)13(11)14(17)18-10-9-16-7-2-3-8-16;/h4-6H,2-3,7-10H2,1H3;1H. The molecule has 0 atom stereocenters. The molecule has 1 fully saturated rings. The number of carbonyl (C=O) groups excluding carboxylic acids is 1. The second-order valence-electron chi connectivity index (χ2n) is 4.62. The van der Waals surface area contributed by atoms with Gasteiger partial charge in [0.05, 0.1) is 10.6 Å². The second kappa shape index (κ2) is 7.73. The highest BCUT2D eigenvalue weighted by molar-refractivity contribution is 6.33. The Morgan fingerprint density at radius 3 is 2.68 bits per heavy atom. The summed E-state index contributed by atoms with van der Waals surface area (Å²) in [7, 11) is 0. The van der Waals surface area contributed by atoms with Crippen LogP contribution in [0.4, 0.5) is 0 Å². The van der Waals surface area contributed by atoms with Gasteiger partial charge in [-0.2, -0.15) is 0 Å². The van der Waals surface area contributed by atoms with E-state index in [1.54, 1.807) is 6.07 Å². The number of esters is 1. The van der Waals surface area contributed by atoms with Gasteiger partial charge in [0.1, 0.15) is 6.61 Å². The number of rotatable bonds is 4. The van der Waals surface area contributed by atoms with Gasteiger partial charge < -0.3 is 4.74 Å². The van der Waals surface area contributed by atoms with E-state index in [0.29, 0.717) is 17.2 Å². The number of hydrogen-bond acceptors (Lipinski definition) is 3. The van der Waals surface area contributed by atoms with Gasteiger partial charge in [-0.1, -0.05) is 23.7 Å². The number of carbonyl (C=O) groups is 1. The lowest BCUT2D eigenvalue weighted by atomic mass is 10.1. The second-order valence-corrected chi connectivity index (χ2v) is 5.02. The van der Waals surface area contributed by atoms with Crippen molar-refractivity contribution in [3.63, 3.8) is 0 Å². The van der Waals surface area contributed by atoms with Crippen LogP contribution in [0.3, 0.4) is 0 Å². The predicted octanol–water partition coefficient (Wildman–Crippen LogP) is 3.32. The Labute approximate surface area is 125 Å². The molecular formula is C14H19Cl2NO2. The van der Waals surface area contributed by atoms with Crippen molar-refractivity contribution < 1.29 is 9.53 Å². The van der Waals surface area contributed by atoms with E-state index >= 15 is 0 Å². The third-order valence-electron chi connectivity index (χ3n) is 3.27. The molecule has 3 nitrogen and oxygen atoms in total. The lowest BCUT2D eigenvalue weighted by Crippen LogP contribution is -2.25. The molecule has 0 aromatic heterocycles. The van der Waals surface area contributed by atoms with Crippen molar-refractivity contribution in [1.82, 2.24) is 4.90 Å². The molecule has 1 heterocycles. The maximum atomic E-state index is 11.9. The SMILES string of the molecule is Cc1cccc(Cl)c1C(=O)OCCN1CCCC1.Cl. The topological polar surface area (TPSA) is 29.5 Å². The van der Waals surface area contributed by atoms with Crippen molar-refractivity contribution >= 4 is 30.0 Å². The average molecular weight is 304 g/mol. The third-order valence-corrected chi connectivity index (χ3v) is 3.58. The highest BCUT2D eigenvalue weighted by Gasteiger charge is 2.16. The lowest BCUT2D eigenvalue weighted by molar-refractivity contribution is 0.0471. The van der Waals surface area contributed by atoms with Crippen molar-refractivity contribution in [1.29, 1.82) is 0 Å². The van der Waals surface area contributed by atoms with E-state index in [4.69, 9.17) is 16.3 Å². The molecule has 1 aliphatic heterocycles. The number of aryl methyl sites for hydroxylation is 1. The van der Waals surface area contributed by atoms with Gasteiger partial charge >= 0.3 is 5.97 Å². The molecular weight excluding hydrogens is 285 g/mol. The van der Waals surface area contributed by atoms with Crippen LogP contribution in [0.1, 0.15) is 28.8 Å². The van der Waals surface area contributed by atoms with Crippen molar-refractivity contribution in [2.75, 3.05) is 26.2 Å². The van der Waals surface area contributed by atoms with Crippen LogP contribution in [-0.2, 0) is 4.74 Å². The van der Waals surface area contributed by atoms with Crippen molar-refractivity contribution in [3.05, 3.63) is 34.3 Å². The first-order valence-corrected chi connectivity index (χ1v) is 6.71. The summed E-state index contributed by atoms with van der Waals surface area (Å²) >= 11 is 6.02. The maximum absolute atomic E-state index is 11.9. The smallest absolute Gasteiger partial charge is 0.339 e. The van der Waals surface area contributed by atoms with E-state index in [-0.39, 0.29) is 18.4 Å². The van der Waals surface area contributed by atoms with Crippen molar-refractivity contribution in [2.24, 2.45) is 0 Å². The molecule has 1 saturated heterocycles. The summed E-state index contributed by atoms with van der Waals surface area (Å²) in [6.07, 6.45) is 2.50. The van der Waals surface area contributed by atoms with Crippen LogP contribution < -0.4 is 0 Å². The van der Waals surface area contributed by atoms with E-state index < -0.39 is 0 Å². The monoisotopic (exact) mass is 303 g/mol. The Morgan fingerprint density at radius 1 is 1.37 bits per heavy atom. The molecule has 0 spiro atoms. The molecule has 5 heteroatoms. The molecule has 0 amide bonds. The number of hydrogen-bond donors (Lipinski definition) is 0. The predicted molar refractivity (Wildman–Crippen MR) is 79.4 cm³/mol. The van der Waals surface area contributed by atoms with Crippen LogP contribution in [-0.4, -0.2) is 37.1 Å². The number of ether oxygens (including phenoxy) is 1. The Bertz CT molecular complexity index is 411. The fraction of sp³-hybridized carbons (Fsp3) is 0.500. The molecule has 1 aliphatic rings. The molecule has 0 N–H and O–H groups in total. The summed E-state index contributed by atoms with van der Waals surface area (Å²) in [5.74, 6) is -0.322. The number of benzene rings is 1. The molecule has 0 saturated carbocycles. The molecule has 0 bridgehead atoms. The van der Waals surface area contributed by atoms with Gasteiger partial charge in [-0.15, -0.1) is 12.4 Å². The van der Waals surface area contributed by atoms with Gasteiger partial charge in [-0.3, -0.25) is 4.90 Å². The number of nitrogens with zero attached hydrogens (tertiary/aromatic N) is 1. The van der Waals surface area contributed by atoms with Gasteiger partial charge in [0, 0.05) is 6.54 Å². The minimum atomic E-state index is -0.322. The summed E-state index contributed by atoms with van der Waals surface area (Å²) in [4.78, 5) is 14.2. The molecule has 0 unspecified atom stereocenters. The molecule has 19 heavy (non-hydrogen) atoms. The van der Waals surface area contributed by atoms with Gasteiger partial charge in [0.25, 0.3) is 0 Å². The first kappa shape index (κ1) is 16.3. The molecule has 0 radical (unpaired) electrons. The maximum Gasteiger partial charge on any atom is 0.339 e. The molecule has 106 valence electrons. The van der Waals surface area contributed by atoms with Gasteiger partial charge in [-0.25, -0.2) is 4.79 Å². The zero-order valence-electron chi connectivity index (χ0n) is 11.0. The van der Waals surface area contributed by atoms with Gasteiger partial charge in [0.2, 0.25) is 0 Å². The van der Waals surface area contributed by atoms with E-state index in [9.17, 15) is 4.79 Å². The zero-order valence-corrected chi connectivity index (χ0v) is 12.6. The Kier molecular flexibility index (Phi) is 6.63. The Hall–Kier alpha value is -0.770. The van der Waals surface area contributed by atoms with Gasteiger partial charge in [-0.05, 0) is 44.5 Å². The lowest BCUT2D eigenvalue weighted by Gasteiger charge is -2.15. The average Bonchev–Trinajstić information content (AvgIpc) is 2.82. The van der Waals surface area contributed by atoms with E-state index in [1.165, 1.54) is 12.8 Å². The van der Waals surface area contributed by atoms with E-state index in [2.05, 4.69) is 4.90 Å². The van der Waals surface area contributed by atoms with Crippen LogP contribution in [0, 0.1) is 6.92 Å². The Morgan fingerprint density at radius 2 is 2.05 bits per heavy atom. The highest BCUT2D eigenvalue weighted by atomic mass is 35.5. The fourth-order valence-electron chi connectivity index (χ4n) is 2.24. The fourth-order valence-corrected chi connectivity index (χ4v) is 2.54. The molecule has 1 aromatic carbocycles. The normalized spacial score (nSPS) is 15.1. The van der Waals surface area contributed by atoms with Crippen LogP contribution in [0.15, 0.2) is 18.2 Å². The first-order chi connectivity index (χ1) is 8.68. The largest absolute Gasteiger partial charge is 0.461 e. The highest BCUT2D eigenvalue weighted by Crippen LogP contribution is 2.20. The Balaban J connectivity index is 0.00000180. The quantitative estimate of drug-likeness (QED) is 0.799. The first-order valence-electron chi connectivity index (χ1n) is 6.33. The summed E-state index contributed by atoms with van der Waals surface area (Å²) in [6, 6.07) is 5.41.